The van der Waals surface area contributed by atoms with Crippen LogP contribution in [0.15, 0.2) is 0 Å². The number of hydrogen-bond acceptors (Lipinski definition) is 5. The maximum atomic E-state index is 12.0. The molecule has 1 saturated heterocycles. The van der Waals surface area contributed by atoms with Gasteiger partial charge in [0, 0.05) is 6.54 Å². The fraction of sp³-hybridized carbons (Fsp3) is 0.769. The molecule has 2 atom stereocenters. The van der Waals surface area contributed by atoms with Gasteiger partial charge in [-0.05, 0) is 40.5 Å². The molecular formula is C13H21NO6. The Morgan fingerprint density at radius 2 is 1.90 bits per heavy atom. The van der Waals surface area contributed by atoms with Crippen LogP contribution in [0.2, 0.25) is 0 Å². The highest BCUT2D eigenvalue weighted by Crippen LogP contribution is 2.22. The van der Waals surface area contributed by atoms with Gasteiger partial charge in [0.25, 0.3) is 0 Å². The standard InChI is InChI=1S/C13H21NO6/c1-8(10(15)16)19-11(17)9-6-5-7-14(9)12(18)20-13(2,3)4/h8-9H,5-7H2,1-4H3,(H,15,16). The summed E-state index contributed by atoms with van der Waals surface area (Å²) in [5, 5.41) is 8.72. The number of esters is 1. The third kappa shape index (κ3) is 4.40. The van der Waals surface area contributed by atoms with Crippen molar-refractivity contribution >= 4 is 18.0 Å². The number of nitrogens with zero attached hydrogens (tertiary/aromatic N) is 1. The smallest absolute Gasteiger partial charge is 0.411 e. The first-order valence-corrected chi connectivity index (χ1v) is 6.55. The zero-order valence-corrected chi connectivity index (χ0v) is 12.2. The van der Waals surface area contributed by atoms with Gasteiger partial charge in [0.2, 0.25) is 0 Å². The second kappa shape index (κ2) is 6.11. The lowest BCUT2D eigenvalue weighted by atomic mass is 10.2. The van der Waals surface area contributed by atoms with E-state index in [1.54, 1.807) is 20.8 Å². The molecule has 1 amide bonds. The molecular weight excluding hydrogens is 266 g/mol. The molecule has 0 aromatic carbocycles. The monoisotopic (exact) mass is 287 g/mol. The lowest BCUT2D eigenvalue weighted by Gasteiger charge is -2.27. The first-order chi connectivity index (χ1) is 9.11. The van der Waals surface area contributed by atoms with Gasteiger partial charge in [-0.2, -0.15) is 0 Å². The molecule has 0 saturated carbocycles. The first-order valence-electron chi connectivity index (χ1n) is 6.55. The molecule has 20 heavy (non-hydrogen) atoms. The summed E-state index contributed by atoms with van der Waals surface area (Å²) < 4.78 is 10.0. The molecule has 0 bridgehead atoms. The van der Waals surface area contributed by atoms with Gasteiger partial charge in [-0.3, -0.25) is 4.90 Å². The second-order valence-electron chi connectivity index (χ2n) is 5.75. The summed E-state index contributed by atoms with van der Waals surface area (Å²) in [5.41, 5.74) is -0.650. The minimum absolute atomic E-state index is 0.399. The fourth-order valence-electron chi connectivity index (χ4n) is 1.85. The van der Waals surface area contributed by atoms with Crippen molar-refractivity contribution in [3.63, 3.8) is 0 Å². The molecule has 1 aliphatic rings. The van der Waals surface area contributed by atoms with Gasteiger partial charge in [-0.15, -0.1) is 0 Å². The second-order valence-corrected chi connectivity index (χ2v) is 5.75. The van der Waals surface area contributed by atoms with E-state index in [4.69, 9.17) is 14.6 Å². The van der Waals surface area contributed by atoms with Gasteiger partial charge in [0.15, 0.2) is 6.10 Å². The maximum Gasteiger partial charge on any atom is 0.411 e. The fourth-order valence-corrected chi connectivity index (χ4v) is 1.85. The minimum atomic E-state index is -1.23. The van der Waals surface area contributed by atoms with Gasteiger partial charge < -0.3 is 14.6 Å². The number of aliphatic carboxylic acids is 1. The summed E-state index contributed by atoms with van der Waals surface area (Å²) in [6.07, 6.45) is -0.714. The average Bonchev–Trinajstić information content (AvgIpc) is 2.74. The van der Waals surface area contributed by atoms with Crippen LogP contribution in [0.5, 0.6) is 0 Å². The Labute approximate surface area is 117 Å². The highest BCUT2D eigenvalue weighted by Gasteiger charge is 2.38. The van der Waals surface area contributed by atoms with Crippen LogP contribution in [-0.4, -0.2) is 52.3 Å². The van der Waals surface area contributed by atoms with Gasteiger partial charge in [0.05, 0.1) is 0 Å². The van der Waals surface area contributed by atoms with Crippen LogP contribution in [0.1, 0.15) is 40.5 Å². The lowest BCUT2D eigenvalue weighted by molar-refractivity contribution is -0.165. The van der Waals surface area contributed by atoms with E-state index >= 15 is 0 Å². The Bertz CT molecular complexity index is 400. The summed E-state index contributed by atoms with van der Waals surface area (Å²) in [7, 11) is 0. The predicted molar refractivity (Wildman–Crippen MR) is 69.2 cm³/mol. The van der Waals surface area contributed by atoms with E-state index in [9.17, 15) is 14.4 Å². The Morgan fingerprint density at radius 3 is 2.40 bits per heavy atom. The molecule has 114 valence electrons. The molecule has 2 unspecified atom stereocenters. The number of likely N-dealkylation sites (tertiary alicyclic amines) is 1. The quantitative estimate of drug-likeness (QED) is 0.789. The van der Waals surface area contributed by atoms with Crippen molar-refractivity contribution in [1.29, 1.82) is 0 Å². The SMILES string of the molecule is CC(OC(=O)C1CCCN1C(=O)OC(C)(C)C)C(=O)O. The van der Waals surface area contributed by atoms with Gasteiger partial charge in [-0.25, -0.2) is 14.4 Å². The highest BCUT2D eigenvalue weighted by molar-refractivity contribution is 5.84. The number of carboxylic acids is 1. The number of carboxylic acid groups (broad SMARTS) is 1. The van der Waals surface area contributed by atoms with Crippen LogP contribution in [0.3, 0.4) is 0 Å². The summed E-state index contributed by atoms with van der Waals surface area (Å²) in [6, 6.07) is -0.772. The summed E-state index contributed by atoms with van der Waals surface area (Å²) in [4.78, 5) is 35.8. The van der Waals surface area contributed by atoms with Gasteiger partial charge >= 0.3 is 18.0 Å². The van der Waals surface area contributed by atoms with Crippen LogP contribution < -0.4 is 0 Å². The first kappa shape index (κ1) is 16.3. The van der Waals surface area contributed by atoms with E-state index in [0.29, 0.717) is 19.4 Å². The van der Waals surface area contributed by atoms with Crippen molar-refractivity contribution in [3.8, 4) is 0 Å². The Balaban J connectivity index is 2.67. The third-order valence-electron chi connectivity index (χ3n) is 2.79. The summed E-state index contributed by atoms with van der Waals surface area (Å²) >= 11 is 0. The van der Waals surface area contributed by atoms with Crippen molar-refractivity contribution < 1.29 is 29.0 Å². The lowest BCUT2D eigenvalue weighted by Crippen LogP contribution is -2.45. The topological polar surface area (TPSA) is 93.1 Å². The molecule has 0 aromatic heterocycles. The molecule has 1 N–H and O–H groups in total. The molecule has 1 rings (SSSR count). The number of hydrogen-bond donors (Lipinski definition) is 1. The average molecular weight is 287 g/mol. The normalized spacial score (nSPS) is 20.4. The zero-order valence-electron chi connectivity index (χ0n) is 12.2. The molecule has 1 heterocycles. The van der Waals surface area contributed by atoms with Crippen molar-refractivity contribution in [3.05, 3.63) is 0 Å². The molecule has 0 radical (unpaired) electrons. The number of carbonyl (C=O) groups is 3. The molecule has 1 fully saturated rings. The number of ether oxygens (including phenoxy) is 2. The Kier molecular flexibility index (Phi) is 4.97. The number of rotatable bonds is 3. The molecule has 7 nitrogen and oxygen atoms in total. The Morgan fingerprint density at radius 1 is 1.30 bits per heavy atom. The van der Waals surface area contributed by atoms with E-state index < -0.39 is 35.8 Å². The van der Waals surface area contributed by atoms with Crippen molar-refractivity contribution in [2.45, 2.75) is 58.3 Å². The Hall–Kier alpha value is -1.79. The predicted octanol–water partition coefficient (Wildman–Crippen LogP) is 1.40. The molecule has 0 aliphatic carbocycles. The van der Waals surface area contributed by atoms with Crippen LogP contribution in [0.4, 0.5) is 4.79 Å². The van der Waals surface area contributed by atoms with Gasteiger partial charge in [0.1, 0.15) is 11.6 Å². The van der Waals surface area contributed by atoms with E-state index in [2.05, 4.69) is 0 Å². The minimum Gasteiger partial charge on any atom is -0.479 e. The van der Waals surface area contributed by atoms with E-state index in [1.165, 1.54) is 11.8 Å². The maximum absolute atomic E-state index is 12.0. The number of amides is 1. The van der Waals surface area contributed by atoms with E-state index in [-0.39, 0.29) is 0 Å². The van der Waals surface area contributed by atoms with Gasteiger partial charge in [-0.1, -0.05) is 0 Å². The van der Waals surface area contributed by atoms with E-state index in [0.717, 1.165) is 0 Å². The van der Waals surface area contributed by atoms with Crippen LogP contribution in [-0.2, 0) is 19.1 Å². The molecule has 0 spiro atoms. The van der Waals surface area contributed by atoms with Crippen molar-refractivity contribution in [1.82, 2.24) is 4.90 Å². The number of carbonyl (C=O) groups excluding carboxylic acids is 2. The van der Waals surface area contributed by atoms with Crippen molar-refractivity contribution in [2.75, 3.05) is 6.54 Å². The molecule has 7 heteroatoms. The van der Waals surface area contributed by atoms with Crippen LogP contribution in [0.25, 0.3) is 0 Å². The third-order valence-corrected chi connectivity index (χ3v) is 2.79. The van der Waals surface area contributed by atoms with Crippen LogP contribution in [0, 0.1) is 0 Å². The van der Waals surface area contributed by atoms with Crippen LogP contribution >= 0.6 is 0 Å². The summed E-state index contributed by atoms with van der Waals surface area (Å²) in [5.74, 6) is -1.93. The molecule has 1 aliphatic heterocycles. The molecule has 0 aromatic rings. The zero-order chi connectivity index (χ0) is 15.5. The summed E-state index contributed by atoms with van der Waals surface area (Å²) in [6.45, 7) is 6.88. The van der Waals surface area contributed by atoms with E-state index in [1.807, 2.05) is 0 Å². The highest BCUT2D eigenvalue weighted by atomic mass is 16.6. The van der Waals surface area contributed by atoms with Crippen molar-refractivity contribution in [2.24, 2.45) is 0 Å². The largest absolute Gasteiger partial charge is 0.479 e.